The molecule has 3 rings (SSSR count). The Morgan fingerprint density at radius 2 is 1.91 bits per heavy atom. The Morgan fingerprint density at radius 1 is 1.18 bits per heavy atom. The number of likely N-dealkylation sites (tertiary alicyclic amines) is 1. The van der Waals surface area contributed by atoms with Gasteiger partial charge in [0.15, 0.2) is 0 Å². The van der Waals surface area contributed by atoms with Gasteiger partial charge in [0.1, 0.15) is 12.6 Å². The van der Waals surface area contributed by atoms with Crippen molar-refractivity contribution in [1.29, 1.82) is 0 Å². The Hall–Kier alpha value is -2.04. The normalized spacial score (nSPS) is 27.3. The Kier molecular flexibility index (Phi) is 4.32. The molecule has 1 saturated carbocycles. The standard InChI is InChI=1S/C17H21NO4/c19-16(20)15-10-13-8-4-5-9-14(13)18(15)17(21)22-11-12-6-2-1-3-7-12/h1-3,6-7,13-15H,4-5,8-11H2,(H,19,20). The zero-order valence-corrected chi connectivity index (χ0v) is 12.5. The van der Waals surface area contributed by atoms with Crippen LogP contribution in [0.25, 0.3) is 0 Å². The molecule has 1 aromatic carbocycles. The van der Waals surface area contributed by atoms with E-state index in [0.29, 0.717) is 12.3 Å². The third kappa shape index (κ3) is 2.93. The van der Waals surface area contributed by atoms with Crippen molar-refractivity contribution in [2.75, 3.05) is 0 Å². The van der Waals surface area contributed by atoms with Crippen LogP contribution in [0.5, 0.6) is 0 Å². The fourth-order valence-electron chi connectivity index (χ4n) is 3.74. The summed E-state index contributed by atoms with van der Waals surface area (Å²) in [5, 5.41) is 9.42. The van der Waals surface area contributed by atoms with Crippen LogP contribution in [0.1, 0.15) is 37.7 Å². The van der Waals surface area contributed by atoms with Gasteiger partial charge in [0, 0.05) is 6.04 Å². The van der Waals surface area contributed by atoms with E-state index in [1.165, 1.54) is 4.90 Å². The van der Waals surface area contributed by atoms with E-state index in [9.17, 15) is 14.7 Å². The first-order chi connectivity index (χ1) is 10.7. The van der Waals surface area contributed by atoms with Crippen molar-refractivity contribution in [3.05, 3.63) is 35.9 Å². The number of carboxylic acid groups (broad SMARTS) is 1. The average molecular weight is 303 g/mol. The summed E-state index contributed by atoms with van der Waals surface area (Å²) >= 11 is 0. The van der Waals surface area contributed by atoms with Crippen molar-refractivity contribution in [1.82, 2.24) is 4.90 Å². The molecule has 22 heavy (non-hydrogen) atoms. The number of fused-ring (bicyclic) bond motifs is 1. The van der Waals surface area contributed by atoms with Crippen molar-refractivity contribution in [2.24, 2.45) is 5.92 Å². The third-order valence-corrected chi connectivity index (χ3v) is 4.79. The van der Waals surface area contributed by atoms with Gasteiger partial charge in [0.05, 0.1) is 0 Å². The Bertz CT molecular complexity index is 545. The third-order valence-electron chi connectivity index (χ3n) is 4.79. The second-order valence-corrected chi connectivity index (χ2v) is 6.15. The summed E-state index contributed by atoms with van der Waals surface area (Å²) in [6.07, 6.45) is 4.13. The number of amides is 1. The molecule has 5 heteroatoms. The highest BCUT2D eigenvalue weighted by Gasteiger charge is 2.48. The smallest absolute Gasteiger partial charge is 0.411 e. The van der Waals surface area contributed by atoms with E-state index < -0.39 is 18.1 Å². The average Bonchev–Trinajstić information content (AvgIpc) is 2.93. The predicted octanol–water partition coefficient (Wildman–Crippen LogP) is 3.04. The molecule has 1 aliphatic heterocycles. The van der Waals surface area contributed by atoms with Crippen molar-refractivity contribution in [3.63, 3.8) is 0 Å². The number of ether oxygens (including phenoxy) is 1. The van der Waals surface area contributed by atoms with E-state index in [1.54, 1.807) is 0 Å². The van der Waals surface area contributed by atoms with Gasteiger partial charge in [-0.25, -0.2) is 9.59 Å². The number of rotatable bonds is 3. The fourth-order valence-corrected chi connectivity index (χ4v) is 3.74. The SMILES string of the molecule is O=C(O)C1CC2CCCCC2N1C(=O)OCc1ccccc1. The van der Waals surface area contributed by atoms with Gasteiger partial charge in [-0.05, 0) is 30.7 Å². The van der Waals surface area contributed by atoms with E-state index in [4.69, 9.17) is 4.74 Å². The Balaban J connectivity index is 1.69. The number of benzene rings is 1. The number of hydrogen-bond acceptors (Lipinski definition) is 3. The van der Waals surface area contributed by atoms with E-state index in [1.807, 2.05) is 30.3 Å². The van der Waals surface area contributed by atoms with Gasteiger partial charge >= 0.3 is 12.1 Å². The molecule has 3 atom stereocenters. The number of aliphatic carboxylic acids is 1. The molecule has 1 saturated heterocycles. The second kappa shape index (κ2) is 6.38. The summed E-state index contributed by atoms with van der Waals surface area (Å²) in [6.45, 7) is 0.180. The summed E-state index contributed by atoms with van der Waals surface area (Å²) in [7, 11) is 0. The van der Waals surface area contributed by atoms with Crippen molar-refractivity contribution >= 4 is 12.1 Å². The molecule has 118 valence electrons. The molecule has 0 aromatic heterocycles. The van der Waals surface area contributed by atoms with E-state index in [2.05, 4.69) is 0 Å². The first kappa shape index (κ1) is 14.9. The maximum absolute atomic E-state index is 12.4. The molecule has 2 fully saturated rings. The van der Waals surface area contributed by atoms with E-state index in [0.717, 1.165) is 31.2 Å². The number of nitrogens with zero attached hydrogens (tertiary/aromatic N) is 1. The number of carboxylic acids is 1. The van der Waals surface area contributed by atoms with Crippen molar-refractivity contribution in [2.45, 2.75) is 50.8 Å². The molecular weight excluding hydrogens is 282 g/mol. The largest absolute Gasteiger partial charge is 0.480 e. The second-order valence-electron chi connectivity index (χ2n) is 6.15. The lowest BCUT2D eigenvalue weighted by Gasteiger charge is -2.32. The van der Waals surface area contributed by atoms with Gasteiger partial charge in [-0.3, -0.25) is 4.90 Å². The summed E-state index contributed by atoms with van der Waals surface area (Å²) in [6, 6.07) is 8.73. The van der Waals surface area contributed by atoms with Crippen LogP contribution in [0.2, 0.25) is 0 Å². The van der Waals surface area contributed by atoms with Gasteiger partial charge in [-0.2, -0.15) is 0 Å². The topological polar surface area (TPSA) is 66.8 Å². The minimum absolute atomic E-state index is 0.0260. The molecule has 0 bridgehead atoms. The van der Waals surface area contributed by atoms with Gasteiger partial charge in [-0.15, -0.1) is 0 Å². The summed E-state index contributed by atoms with van der Waals surface area (Å²) in [5.41, 5.74) is 0.905. The molecule has 2 aliphatic rings. The summed E-state index contributed by atoms with van der Waals surface area (Å²) < 4.78 is 5.37. The maximum Gasteiger partial charge on any atom is 0.411 e. The molecule has 1 aromatic rings. The van der Waals surface area contributed by atoms with Crippen molar-refractivity contribution in [3.8, 4) is 0 Å². The lowest BCUT2D eigenvalue weighted by molar-refractivity contribution is -0.142. The molecule has 5 nitrogen and oxygen atoms in total. The van der Waals surface area contributed by atoms with E-state index >= 15 is 0 Å². The molecule has 0 spiro atoms. The first-order valence-electron chi connectivity index (χ1n) is 7.88. The van der Waals surface area contributed by atoms with Crippen LogP contribution in [0.15, 0.2) is 30.3 Å². The zero-order valence-electron chi connectivity index (χ0n) is 12.5. The van der Waals surface area contributed by atoms with Crippen LogP contribution >= 0.6 is 0 Å². The van der Waals surface area contributed by atoms with Gasteiger partial charge in [0.25, 0.3) is 0 Å². The molecular formula is C17H21NO4. The summed E-state index contributed by atoms with van der Waals surface area (Å²) in [5.74, 6) is -0.620. The van der Waals surface area contributed by atoms with Crippen LogP contribution in [-0.2, 0) is 16.1 Å². The quantitative estimate of drug-likeness (QED) is 0.932. The molecule has 1 N–H and O–H groups in total. The van der Waals surface area contributed by atoms with Crippen LogP contribution in [-0.4, -0.2) is 34.2 Å². The number of hydrogen-bond donors (Lipinski definition) is 1. The first-order valence-corrected chi connectivity index (χ1v) is 7.88. The summed E-state index contributed by atoms with van der Waals surface area (Å²) in [4.78, 5) is 25.4. The van der Waals surface area contributed by atoms with Gasteiger partial charge in [-0.1, -0.05) is 43.2 Å². The Labute approximate surface area is 129 Å². The van der Waals surface area contributed by atoms with Gasteiger partial charge < -0.3 is 9.84 Å². The fraction of sp³-hybridized carbons (Fsp3) is 0.529. The Morgan fingerprint density at radius 3 is 2.64 bits per heavy atom. The van der Waals surface area contributed by atoms with Gasteiger partial charge in [0.2, 0.25) is 0 Å². The lowest BCUT2D eigenvalue weighted by Crippen LogP contribution is -2.46. The molecule has 3 unspecified atom stereocenters. The minimum atomic E-state index is -0.925. The number of carbonyl (C=O) groups excluding carboxylic acids is 1. The highest BCUT2D eigenvalue weighted by atomic mass is 16.6. The van der Waals surface area contributed by atoms with Crippen LogP contribution in [0.4, 0.5) is 4.79 Å². The highest BCUT2D eigenvalue weighted by molar-refractivity contribution is 5.81. The van der Waals surface area contributed by atoms with Crippen LogP contribution < -0.4 is 0 Å². The van der Waals surface area contributed by atoms with E-state index in [-0.39, 0.29) is 12.6 Å². The van der Waals surface area contributed by atoms with Crippen LogP contribution in [0.3, 0.4) is 0 Å². The zero-order chi connectivity index (χ0) is 15.5. The monoisotopic (exact) mass is 303 g/mol. The molecule has 0 radical (unpaired) electrons. The van der Waals surface area contributed by atoms with Crippen LogP contribution in [0, 0.1) is 5.92 Å². The highest BCUT2D eigenvalue weighted by Crippen LogP contribution is 2.40. The van der Waals surface area contributed by atoms with Crippen molar-refractivity contribution < 1.29 is 19.4 Å². The molecule has 1 aliphatic carbocycles. The molecule has 1 amide bonds. The maximum atomic E-state index is 12.4. The number of carbonyl (C=O) groups is 2. The lowest BCUT2D eigenvalue weighted by atomic mass is 9.85. The predicted molar refractivity (Wildman–Crippen MR) is 80.3 cm³/mol. The molecule has 1 heterocycles. The minimum Gasteiger partial charge on any atom is -0.480 e.